The summed E-state index contributed by atoms with van der Waals surface area (Å²) in [7, 11) is 1.84. The first-order valence-electron chi connectivity index (χ1n) is 8.39. The number of hydrogen-bond acceptors (Lipinski definition) is 6. The van der Waals surface area contributed by atoms with E-state index in [1.807, 2.05) is 27.1 Å². The number of aromatic nitrogens is 4. The average molecular weight is 344 g/mol. The lowest BCUT2D eigenvalue weighted by atomic mass is 9.75. The summed E-state index contributed by atoms with van der Waals surface area (Å²) in [5, 5.41) is 16.9. The predicted octanol–water partition coefficient (Wildman–Crippen LogP) is 0.580. The molecule has 1 saturated carbocycles. The van der Waals surface area contributed by atoms with Crippen molar-refractivity contribution < 1.29 is 9.90 Å². The van der Waals surface area contributed by atoms with Crippen molar-refractivity contribution in [2.24, 2.45) is 13.0 Å². The van der Waals surface area contributed by atoms with E-state index in [4.69, 9.17) is 5.73 Å². The molecule has 2 aromatic rings. The van der Waals surface area contributed by atoms with E-state index in [-0.39, 0.29) is 36.3 Å². The number of aliphatic hydroxyl groups excluding tert-OH is 1. The summed E-state index contributed by atoms with van der Waals surface area (Å²) < 4.78 is 1.71. The first-order chi connectivity index (χ1) is 11.8. The van der Waals surface area contributed by atoms with Crippen LogP contribution in [-0.2, 0) is 18.3 Å². The Hall–Kier alpha value is -2.48. The number of hydrogen-bond donors (Lipinski definition) is 3. The van der Waals surface area contributed by atoms with Crippen LogP contribution in [0.15, 0.2) is 12.4 Å². The second-order valence-corrected chi connectivity index (χ2v) is 6.79. The second-order valence-electron chi connectivity index (χ2n) is 6.79. The fraction of sp³-hybridized carbons (Fsp3) is 0.529. The van der Waals surface area contributed by atoms with Gasteiger partial charge in [0.25, 0.3) is 0 Å². The smallest absolute Gasteiger partial charge is 0.225 e. The number of carbonyl (C=O) groups is 1. The Kier molecular flexibility index (Phi) is 4.71. The van der Waals surface area contributed by atoms with Crippen molar-refractivity contribution in [1.29, 1.82) is 0 Å². The molecule has 2 aromatic heterocycles. The van der Waals surface area contributed by atoms with E-state index in [0.29, 0.717) is 12.8 Å². The van der Waals surface area contributed by atoms with Gasteiger partial charge in [-0.2, -0.15) is 5.10 Å². The van der Waals surface area contributed by atoms with Crippen LogP contribution < -0.4 is 11.1 Å². The first kappa shape index (κ1) is 17.3. The van der Waals surface area contributed by atoms with Crippen LogP contribution in [0.25, 0.3) is 0 Å². The van der Waals surface area contributed by atoms with Gasteiger partial charge in [0.2, 0.25) is 11.9 Å². The van der Waals surface area contributed by atoms with E-state index >= 15 is 0 Å². The molecule has 3 rings (SSSR count). The summed E-state index contributed by atoms with van der Waals surface area (Å²) in [6, 6.07) is -0.153. The Morgan fingerprint density at radius 2 is 2.04 bits per heavy atom. The van der Waals surface area contributed by atoms with Crippen LogP contribution in [0.3, 0.4) is 0 Å². The lowest BCUT2D eigenvalue weighted by Gasteiger charge is -2.37. The Bertz CT molecular complexity index is 758. The summed E-state index contributed by atoms with van der Waals surface area (Å²) in [4.78, 5) is 20.9. The zero-order valence-electron chi connectivity index (χ0n) is 14.7. The quantitative estimate of drug-likeness (QED) is 0.730. The molecule has 0 unspecified atom stereocenters. The monoisotopic (exact) mass is 344 g/mol. The average Bonchev–Trinajstić information content (AvgIpc) is 2.92. The number of nitrogens with one attached hydrogen (secondary N) is 1. The topological polar surface area (TPSA) is 119 Å². The van der Waals surface area contributed by atoms with Gasteiger partial charge in [-0.15, -0.1) is 0 Å². The maximum absolute atomic E-state index is 12.6. The first-order valence-corrected chi connectivity index (χ1v) is 8.39. The van der Waals surface area contributed by atoms with Crippen molar-refractivity contribution in [2.45, 2.75) is 45.3 Å². The summed E-state index contributed by atoms with van der Waals surface area (Å²) in [5.41, 5.74) is 8.83. The van der Waals surface area contributed by atoms with E-state index in [0.717, 1.165) is 22.5 Å². The molecule has 4 N–H and O–H groups in total. The number of amides is 1. The highest BCUT2D eigenvalue weighted by atomic mass is 16.3. The van der Waals surface area contributed by atoms with Crippen LogP contribution in [0.5, 0.6) is 0 Å². The molecule has 0 radical (unpaired) electrons. The highest BCUT2D eigenvalue weighted by Crippen LogP contribution is 2.38. The van der Waals surface area contributed by atoms with Gasteiger partial charge in [0.15, 0.2) is 0 Å². The Morgan fingerprint density at radius 1 is 1.40 bits per heavy atom. The van der Waals surface area contributed by atoms with E-state index < -0.39 is 0 Å². The molecule has 0 aliphatic heterocycles. The van der Waals surface area contributed by atoms with Crippen LogP contribution in [-0.4, -0.2) is 36.9 Å². The third kappa shape index (κ3) is 3.79. The largest absolute Gasteiger partial charge is 0.393 e. The molecular formula is C17H24N6O2. The van der Waals surface area contributed by atoms with Gasteiger partial charge in [-0.3, -0.25) is 9.48 Å². The molecule has 8 nitrogen and oxygen atoms in total. The molecule has 0 aromatic carbocycles. The zero-order valence-corrected chi connectivity index (χ0v) is 14.7. The molecule has 1 aliphatic rings. The van der Waals surface area contributed by atoms with Gasteiger partial charge in [-0.05, 0) is 32.6 Å². The highest BCUT2D eigenvalue weighted by molar-refractivity contribution is 5.79. The van der Waals surface area contributed by atoms with E-state index in [1.165, 1.54) is 0 Å². The van der Waals surface area contributed by atoms with Crippen molar-refractivity contribution in [1.82, 2.24) is 25.1 Å². The molecule has 2 heterocycles. The Labute approximate surface area is 146 Å². The number of anilines is 1. The van der Waals surface area contributed by atoms with Gasteiger partial charge in [0.05, 0.1) is 24.8 Å². The van der Waals surface area contributed by atoms with Crippen molar-refractivity contribution in [3.05, 3.63) is 34.9 Å². The number of rotatable bonds is 5. The van der Waals surface area contributed by atoms with Gasteiger partial charge >= 0.3 is 0 Å². The molecule has 25 heavy (non-hydrogen) atoms. The minimum absolute atomic E-state index is 0.102. The van der Waals surface area contributed by atoms with Gasteiger partial charge in [0, 0.05) is 35.8 Å². The molecular weight excluding hydrogens is 320 g/mol. The summed E-state index contributed by atoms with van der Waals surface area (Å²) in [5.74, 6) is 0.332. The van der Waals surface area contributed by atoms with Crippen LogP contribution >= 0.6 is 0 Å². The SMILES string of the molecule is Cc1nc(N)nc(C)c1CC(=O)N[C@@H](c1cnn(C)c1)C1CC(O)C1. The summed E-state index contributed by atoms with van der Waals surface area (Å²) >= 11 is 0. The summed E-state index contributed by atoms with van der Waals surface area (Å²) in [6.07, 6.45) is 4.95. The minimum Gasteiger partial charge on any atom is -0.393 e. The minimum atomic E-state index is -0.281. The van der Waals surface area contributed by atoms with E-state index in [2.05, 4.69) is 20.4 Å². The van der Waals surface area contributed by atoms with Crippen molar-refractivity contribution in [2.75, 3.05) is 5.73 Å². The molecule has 1 aliphatic carbocycles. The number of nitrogen functional groups attached to an aromatic ring is 1. The predicted molar refractivity (Wildman–Crippen MR) is 92.4 cm³/mol. The lowest BCUT2D eigenvalue weighted by molar-refractivity contribution is -0.122. The maximum atomic E-state index is 12.6. The number of carbonyl (C=O) groups excluding carboxylic acids is 1. The van der Waals surface area contributed by atoms with Crippen LogP contribution in [0.4, 0.5) is 5.95 Å². The fourth-order valence-electron chi connectivity index (χ4n) is 3.38. The molecule has 0 spiro atoms. The number of nitrogens with zero attached hydrogens (tertiary/aromatic N) is 4. The number of aliphatic hydroxyl groups is 1. The maximum Gasteiger partial charge on any atom is 0.225 e. The molecule has 0 saturated heterocycles. The molecule has 134 valence electrons. The van der Waals surface area contributed by atoms with E-state index in [1.54, 1.807) is 10.9 Å². The third-order valence-corrected chi connectivity index (χ3v) is 4.80. The molecule has 1 amide bonds. The van der Waals surface area contributed by atoms with Crippen molar-refractivity contribution in [3.8, 4) is 0 Å². The van der Waals surface area contributed by atoms with Crippen molar-refractivity contribution >= 4 is 11.9 Å². The van der Waals surface area contributed by atoms with Gasteiger partial charge < -0.3 is 16.2 Å². The Balaban J connectivity index is 1.75. The van der Waals surface area contributed by atoms with Gasteiger partial charge in [-0.1, -0.05) is 0 Å². The van der Waals surface area contributed by atoms with E-state index in [9.17, 15) is 9.90 Å². The Morgan fingerprint density at radius 3 is 2.56 bits per heavy atom. The van der Waals surface area contributed by atoms with Crippen LogP contribution in [0.1, 0.15) is 41.4 Å². The molecule has 1 atom stereocenters. The van der Waals surface area contributed by atoms with Gasteiger partial charge in [0.1, 0.15) is 0 Å². The molecule has 8 heteroatoms. The molecule has 0 bridgehead atoms. The second kappa shape index (κ2) is 6.79. The highest BCUT2D eigenvalue weighted by Gasteiger charge is 2.36. The summed E-state index contributed by atoms with van der Waals surface area (Å²) in [6.45, 7) is 3.66. The van der Waals surface area contributed by atoms with Crippen LogP contribution in [0, 0.1) is 19.8 Å². The third-order valence-electron chi connectivity index (χ3n) is 4.80. The van der Waals surface area contributed by atoms with Crippen LogP contribution in [0.2, 0.25) is 0 Å². The molecule has 1 fully saturated rings. The number of aryl methyl sites for hydroxylation is 3. The fourth-order valence-corrected chi connectivity index (χ4v) is 3.38. The lowest BCUT2D eigenvalue weighted by Crippen LogP contribution is -2.41. The van der Waals surface area contributed by atoms with Gasteiger partial charge in [-0.25, -0.2) is 9.97 Å². The standard InChI is InChI=1S/C17H24N6O2/c1-9-14(10(2)21-17(18)20-9)6-15(25)22-16(11-4-13(24)5-11)12-7-19-23(3)8-12/h7-8,11,13,16,24H,4-6H2,1-3H3,(H,22,25)(H2,18,20,21)/t11?,13?,16-/m1/s1. The zero-order chi connectivity index (χ0) is 18.1. The van der Waals surface area contributed by atoms with Crippen molar-refractivity contribution in [3.63, 3.8) is 0 Å². The normalized spacial score (nSPS) is 20.8. The number of nitrogens with two attached hydrogens (primary N) is 1.